The molecule has 196 valence electrons. The van der Waals surface area contributed by atoms with Gasteiger partial charge in [-0.15, -0.1) is 0 Å². The van der Waals surface area contributed by atoms with E-state index in [2.05, 4.69) is 10.6 Å². The SMILES string of the molecule is CC(=O)N[C@H]1[C@@H](OC[C@H](NC(=O)OCc2ccccc2)C(=O)OC(C)(C)C)O[C@H](CO)[C@@H](O)[C@@H]1O. The van der Waals surface area contributed by atoms with Gasteiger partial charge in [-0.1, -0.05) is 30.3 Å². The summed E-state index contributed by atoms with van der Waals surface area (Å²) in [5, 5.41) is 34.8. The van der Waals surface area contributed by atoms with Gasteiger partial charge in [0.1, 0.15) is 36.6 Å². The van der Waals surface area contributed by atoms with Crippen LogP contribution in [0.5, 0.6) is 0 Å². The second-order valence-corrected chi connectivity index (χ2v) is 9.06. The van der Waals surface area contributed by atoms with Crippen molar-refractivity contribution in [2.75, 3.05) is 13.2 Å². The Hall–Kier alpha value is -2.77. The van der Waals surface area contributed by atoms with Crippen molar-refractivity contribution in [3.05, 3.63) is 35.9 Å². The maximum atomic E-state index is 12.7. The first-order chi connectivity index (χ1) is 16.4. The number of carbonyl (C=O) groups is 3. The Morgan fingerprint density at radius 3 is 2.34 bits per heavy atom. The molecule has 1 aromatic carbocycles. The Balaban J connectivity index is 2.10. The summed E-state index contributed by atoms with van der Waals surface area (Å²) in [7, 11) is 0. The molecule has 1 aromatic rings. The molecule has 2 rings (SSSR count). The molecule has 12 nitrogen and oxygen atoms in total. The molecule has 0 radical (unpaired) electrons. The molecule has 0 aliphatic carbocycles. The van der Waals surface area contributed by atoms with E-state index in [-0.39, 0.29) is 6.61 Å². The van der Waals surface area contributed by atoms with Gasteiger partial charge in [0.05, 0.1) is 13.2 Å². The Bertz CT molecular complexity index is 844. The second-order valence-electron chi connectivity index (χ2n) is 9.06. The van der Waals surface area contributed by atoms with Crippen LogP contribution in [0.25, 0.3) is 0 Å². The Kier molecular flexibility index (Phi) is 10.4. The number of aliphatic hydroxyl groups is 3. The van der Waals surface area contributed by atoms with Crippen molar-refractivity contribution in [3.63, 3.8) is 0 Å². The highest BCUT2D eigenvalue weighted by atomic mass is 16.7. The molecule has 0 spiro atoms. The topological polar surface area (TPSA) is 173 Å². The van der Waals surface area contributed by atoms with Crippen LogP contribution in [-0.4, -0.2) is 88.8 Å². The van der Waals surface area contributed by atoms with Crippen LogP contribution in [-0.2, 0) is 35.1 Å². The van der Waals surface area contributed by atoms with Crippen molar-refractivity contribution in [2.45, 2.75) is 76.6 Å². The van der Waals surface area contributed by atoms with Gasteiger partial charge in [0.2, 0.25) is 5.91 Å². The first-order valence-corrected chi connectivity index (χ1v) is 11.1. The quantitative estimate of drug-likeness (QED) is 0.282. The van der Waals surface area contributed by atoms with Gasteiger partial charge < -0.3 is 44.9 Å². The van der Waals surface area contributed by atoms with Crippen LogP contribution < -0.4 is 10.6 Å². The molecular formula is C23H34N2O10. The molecule has 6 atom stereocenters. The summed E-state index contributed by atoms with van der Waals surface area (Å²) in [5.74, 6) is -1.35. The summed E-state index contributed by atoms with van der Waals surface area (Å²) in [6, 6.07) is 6.37. The average Bonchev–Trinajstić information content (AvgIpc) is 2.78. The van der Waals surface area contributed by atoms with E-state index >= 15 is 0 Å². The van der Waals surface area contributed by atoms with Crippen molar-refractivity contribution in [1.82, 2.24) is 10.6 Å². The van der Waals surface area contributed by atoms with Crippen LogP contribution in [0.4, 0.5) is 4.79 Å². The molecule has 12 heteroatoms. The monoisotopic (exact) mass is 498 g/mol. The van der Waals surface area contributed by atoms with Gasteiger partial charge in [0.25, 0.3) is 0 Å². The number of alkyl carbamates (subject to hydrolysis) is 1. The minimum Gasteiger partial charge on any atom is -0.458 e. The highest BCUT2D eigenvalue weighted by molar-refractivity contribution is 5.81. The summed E-state index contributed by atoms with van der Waals surface area (Å²) in [6.07, 6.45) is -6.49. The number of rotatable bonds is 9. The van der Waals surface area contributed by atoms with Crippen molar-refractivity contribution in [3.8, 4) is 0 Å². The summed E-state index contributed by atoms with van der Waals surface area (Å²) >= 11 is 0. The number of hydrogen-bond acceptors (Lipinski definition) is 10. The predicted octanol–water partition coefficient (Wildman–Crippen LogP) is -0.417. The lowest BCUT2D eigenvalue weighted by molar-refractivity contribution is -0.271. The zero-order chi connectivity index (χ0) is 26.2. The van der Waals surface area contributed by atoms with E-state index in [9.17, 15) is 29.7 Å². The van der Waals surface area contributed by atoms with E-state index in [0.29, 0.717) is 0 Å². The highest BCUT2D eigenvalue weighted by Crippen LogP contribution is 2.22. The van der Waals surface area contributed by atoms with E-state index in [1.165, 1.54) is 6.92 Å². The van der Waals surface area contributed by atoms with Crippen LogP contribution in [0.1, 0.15) is 33.3 Å². The van der Waals surface area contributed by atoms with E-state index in [0.717, 1.165) is 5.56 Å². The maximum Gasteiger partial charge on any atom is 0.408 e. The fourth-order valence-corrected chi connectivity index (χ4v) is 3.25. The maximum absolute atomic E-state index is 12.7. The fraction of sp³-hybridized carbons (Fsp3) is 0.609. The van der Waals surface area contributed by atoms with E-state index < -0.39 is 73.5 Å². The molecule has 35 heavy (non-hydrogen) atoms. The van der Waals surface area contributed by atoms with E-state index in [1.807, 2.05) is 6.07 Å². The summed E-state index contributed by atoms with van der Waals surface area (Å²) in [6.45, 7) is 4.99. The highest BCUT2D eigenvalue weighted by Gasteiger charge is 2.46. The van der Waals surface area contributed by atoms with Crippen molar-refractivity contribution < 1.29 is 48.7 Å². The van der Waals surface area contributed by atoms with Crippen LogP contribution in [0.3, 0.4) is 0 Å². The Morgan fingerprint density at radius 1 is 1.11 bits per heavy atom. The van der Waals surface area contributed by atoms with Gasteiger partial charge in [-0.05, 0) is 26.3 Å². The smallest absolute Gasteiger partial charge is 0.408 e. The fourth-order valence-electron chi connectivity index (χ4n) is 3.25. The predicted molar refractivity (Wildman–Crippen MR) is 121 cm³/mol. The zero-order valence-corrected chi connectivity index (χ0v) is 20.2. The lowest BCUT2D eigenvalue weighted by Crippen LogP contribution is -2.65. The Morgan fingerprint density at radius 2 is 1.77 bits per heavy atom. The number of aliphatic hydroxyl groups excluding tert-OH is 3. The minimum atomic E-state index is -1.53. The van der Waals surface area contributed by atoms with Gasteiger partial charge in [-0.25, -0.2) is 9.59 Å². The van der Waals surface area contributed by atoms with Crippen molar-refractivity contribution in [2.24, 2.45) is 0 Å². The second kappa shape index (κ2) is 12.8. The molecule has 1 heterocycles. The third kappa shape index (κ3) is 9.07. The van der Waals surface area contributed by atoms with Gasteiger partial charge in [0, 0.05) is 6.92 Å². The van der Waals surface area contributed by atoms with E-state index in [4.69, 9.17) is 18.9 Å². The van der Waals surface area contributed by atoms with Crippen LogP contribution in [0.15, 0.2) is 30.3 Å². The van der Waals surface area contributed by atoms with Gasteiger partial charge in [-0.3, -0.25) is 4.79 Å². The number of hydrogen-bond donors (Lipinski definition) is 5. The zero-order valence-electron chi connectivity index (χ0n) is 20.2. The average molecular weight is 499 g/mol. The van der Waals surface area contributed by atoms with Crippen LogP contribution in [0, 0.1) is 0 Å². The largest absolute Gasteiger partial charge is 0.458 e. The number of amides is 2. The van der Waals surface area contributed by atoms with Gasteiger partial charge >= 0.3 is 12.1 Å². The normalized spacial score (nSPS) is 25.3. The molecule has 0 aromatic heterocycles. The first-order valence-electron chi connectivity index (χ1n) is 11.1. The van der Waals surface area contributed by atoms with Crippen LogP contribution in [0.2, 0.25) is 0 Å². The number of ether oxygens (including phenoxy) is 4. The Labute approximate surface area is 203 Å². The van der Waals surface area contributed by atoms with Crippen molar-refractivity contribution >= 4 is 18.0 Å². The number of benzene rings is 1. The number of nitrogens with one attached hydrogen (secondary N) is 2. The molecule has 0 saturated carbocycles. The molecule has 2 amide bonds. The molecule has 1 aliphatic heterocycles. The van der Waals surface area contributed by atoms with E-state index in [1.54, 1.807) is 45.0 Å². The summed E-state index contributed by atoms with van der Waals surface area (Å²) in [5.41, 5.74) is -0.128. The molecule has 1 fully saturated rings. The molecular weight excluding hydrogens is 464 g/mol. The van der Waals surface area contributed by atoms with Gasteiger partial charge in [0.15, 0.2) is 12.3 Å². The summed E-state index contributed by atoms with van der Waals surface area (Å²) < 4.78 is 21.6. The summed E-state index contributed by atoms with van der Waals surface area (Å²) in [4.78, 5) is 36.7. The molecule has 5 N–H and O–H groups in total. The lowest BCUT2D eigenvalue weighted by Gasteiger charge is -2.42. The third-order valence-electron chi connectivity index (χ3n) is 4.87. The molecule has 1 saturated heterocycles. The first kappa shape index (κ1) is 28.5. The molecule has 1 aliphatic rings. The lowest BCUT2D eigenvalue weighted by atomic mass is 9.97. The molecule has 0 bridgehead atoms. The van der Waals surface area contributed by atoms with Crippen LogP contribution >= 0.6 is 0 Å². The standard InChI is InChI=1S/C23H34N2O10/c1-13(27)24-17-19(29)18(28)16(10-26)34-21(17)32-12-15(20(30)35-23(2,3)4)25-22(31)33-11-14-8-6-5-7-9-14/h5-9,15-19,21,26,28-29H,10-12H2,1-4H3,(H,24,27)(H,25,31)/t15-,16+,17+,18+,19+,21-/m0/s1. The van der Waals surface area contributed by atoms with Gasteiger partial charge in [-0.2, -0.15) is 0 Å². The number of esters is 1. The number of carbonyl (C=O) groups excluding carboxylic acids is 3. The van der Waals surface area contributed by atoms with Crippen molar-refractivity contribution in [1.29, 1.82) is 0 Å². The third-order valence-corrected chi connectivity index (χ3v) is 4.87. The molecule has 0 unspecified atom stereocenters. The minimum absolute atomic E-state index is 0.0346.